The maximum Gasteiger partial charge on any atom is 0.213 e. The summed E-state index contributed by atoms with van der Waals surface area (Å²) in [5.74, 6) is 2.38. The topological polar surface area (TPSA) is 84.6 Å². The Morgan fingerprint density at radius 1 is 1.17 bits per heavy atom. The molecule has 1 aliphatic carbocycles. The molecule has 1 saturated carbocycles. The minimum absolute atomic E-state index is 0. The average molecular weight is 513 g/mol. The summed E-state index contributed by atoms with van der Waals surface area (Å²) in [7, 11) is 1.77. The number of aryl methyl sites for hydroxylation is 2. The van der Waals surface area contributed by atoms with Crippen LogP contribution < -0.4 is 15.4 Å². The predicted molar refractivity (Wildman–Crippen MR) is 125 cm³/mol. The molecule has 0 aromatic carbocycles. The van der Waals surface area contributed by atoms with Gasteiger partial charge in [0.15, 0.2) is 5.96 Å². The minimum Gasteiger partial charge on any atom is -0.474 e. The van der Waals surface area contributed by atoms with Gasteiger partial charge in [0, 0.05) is 44.4 Å². The lowest BCUT2D eigenvalue weighted by atomic mass is 10.1. The third-order valence-corrected chi connectivity index (χ3v) is 5.11. The first-order valence-electron chi connectivity index (χ1n) is 10.3. The Labute approximate surface area is 190 Å². The number of guanidine groups is 1. The lowest BCUT2D eigenvalue weighted by molar-refractivity contribution is 0.201. The van der Waals surface area contributed by atoms with Crippen LogP contribution >= 0.6 is 24.0 Å². The van der Waals surface area contributed by atoms with Crippen molar-refractivity contribution in [2.45, 2.75) is 71.6 Å². The van der Waals surface area contributed by atoms with Crippen LogP contribution in [-0.4, -0.2) is 29.3 Å². The Morgan fingerprint density at radius 2 is 1.93 bits per heavy atom. The zero-order valence-electron chi connectivity index (χ0n) is 17.5. The number of nitrogens with one attached hydrogen (secondary N) is 2. The van der Waals surface area contributed by atoms with Crippen molar-refractivity contribution in [3.8, 4) is 5.88 Å². The summed E-state index contributed by atoms with van der Waals surface area (Å²) in [4.78, 5) is 8.73. The van der Waals surface area contributed by atoms with Gasteiger partial charge in [0.1, 0.15) is 11.9 Å². The summed E-state index contributed by atoms with van der Waals surface area (Å²) in [6, 6.07) is 3.99. The van der Waals surface area contributed by atoms with E-state index in [4.69, 9.17) is 9.26 Å². The van der Waals surface area contributed by atoms with E-state index in [1.165, 1.54) is 12.8 Å². The number of pyridine rings is 1. The number of hydrogen-bond donors (Lipinski definition) is 2. The number of halogens is 1. The average Bonchev–Trinajstić information content (AvgIpc) is 3.38. The van der Waals surface area contributed by atoms with Gasteiger partial charge in [-0.3, -0.25) is 4.99 Å². The highest BCUT2D eigenvalue weighted by atomic mass is 127. The van der Waals surface area contributed by atoms with Gasteiger partial charge in [-0.15, -0.1) is 24.0 Å². The molecule has 2 aromatic rings. The molecule has 0 atom stereocenters. The van der Waals surface area contributed by atoms with E-state index in [1.54, 1.807) is 7.05 Å². The fourth-order valence-corrected chi connectivity index (χ4v) is 3.48. The Hall–Kier alpha value is -1.84. The molecule has 7 nitrogen and oxygen atoms in total. The quantitative estimate of drug-likeness (QED) is 0.316. The highest BCUT2D eigenvalue weighted by Gasteiger charge is 2.17. The van der Waals surface area contributed by atoms with Gasteiger partial charge in [-0.25, -0.2) is 4.98 Å². The zero-order chi connectivity index (χ0) is 19.8. The van der Waals surface area contributed by atoms with Crippen molar-refractivity contribution in [1.29, 1.82) is 0 Å². The predicted octanol–water partition coefficient (Wildman–Crippen LogP) is 4.00. The number of rotatable bonds is 8. The van der Waals surface area contributed by atoms with E-state index in [0.29, 0.717) is 25.1 Å². The van der Waals surface area contributed by atoms with Crippen molar-refractivity contribution in [1.82, 2.24) is 20.8 Å². The molecule has 3 rings (SSSR count). The van der Waals surface area contributed by atoms with E-state index < -0.39 is 0 Å². The second-order valence-electron chi connectivity index (χ2n) is 7.05. The fraction of sp³-hybridized carbons (Fsp3) is 0.571. The molecule has 8 heteroatoms. The van der Waals surface area contributed by atoms with E-state index in [0.717, 1.165) is 54.2 Å². The van der Waals surface area contributed by atoms with Gasteiger partial charge in [0.25, 0.3) is 0 Å². The summed E-state index contributed by atoms with van der Waals surface area (Å²) < 4.78 is 11.3. The van der Waals surface area contributed by atoms with Crippen molar-refractivity contribution in [3.63, 3.8) is 0 Å². The number of aromatic nitrogens is 2. The number of hydrogen-bond acceptors (Lipinski definition) is 5. The molecule has 0 bridgehead atoms. The van der Waals surface area contributed by atoms with Crippen LogP contribution in [0.3, 0.4) is 0 Å². The van der Waals surface area contributed by atoms with Crippen molar-refractivity contribution in [3.05, 3.63) is 40.9 Å². The van der Waals surface area contributed by atoms with Crippen molar-refractivity contribution < 1.29 is 9.26 Å². The van der Waals surface area contributed by atoms with Crippen LogP contribution in [0.4, 0.5) is 0 Å². The molecule has 2 N–H and O–H groups in total. The molecule has 0 spiro atoms. The second kappa shape index (κ2) is 12.0. The Balaban J connectivity index is 0.00000300. The molecule has 0 unspecified atom stereocenters. The molecule has 160 valence electrons. The second-order valence-corrected chi connectivity index (χ2v) is 7.05. The molecular formula is C21H32IN5O2. The maximum absolute atomic E-state index is 5.92. The van der Waals surface area contributed by atoms with Crippen molar-refractivity contribution in [2.24, 2.45) is 4.99 Å². The number of aliphatic imine (C=N–C) groups is 1. The normalized spacial score (nSPS) is 14.5. The van der Waals surface area contributed by atoms with Crippen LogP contribution in [0.2, 0.25) is 0 Å². The van der Waals surface area contributed by atoms with Gasteiger partial charge >= 0.3 is 0 Å². The van der Waals surface area contributed by atoms with E-state index in [9.17, 15) is 0 Å². The van der Waals surface area contributed by atoms with Crippen molar-refractivity contribution in [2.75, 3.05) is 7.05 Å². The molecule has 2 aromatic heterocycles. The highest BCUT2D eigenvalue weighted by molar-refractivity contribution is 14.0. The SMILES string of the molecule is CCc1noc(CC)c1CNC(=NC)NCc1ccc(OC2CCCC2)nc1.I. The van der Waals surface area contributed by atoms with E-state index in [2.05, 4.69) is 39.6 Å². The van der Waals surface area contributed by atoms with Crippen LogP contribution in [0.5, 0.6) is 5.88 Å². The van der Waals surface area contributed by atoms with Crippen LogP contribution in [0.1, 0.15) is 62.1 Å². The lowest BCUT2D eigenvalue weighted by Gasteiger charge is -2.14. The molecule has 29 heavy (non-hydrogen) atoms. The van der Waals surface area contributed by atoms with E-state index in [-0.39, 0.29) is 24.0 Å². The van der Waals surface area contributed by atoms with Gasteiger partial charge in [0.2, 0.25) is 5.88 Å². The summed E-state index contributed by atoms with van der Waals surface area (Å²) in [6.07, 6.45) is 8.66. The van der Waals surface area contributed by atoms with Gasteiger partial charge in [-0.2, -0.15) is 0 Å². The first-order chi connectivity index (χ1) is 13.7. The summed E-state index contributed by atoms with van der Waals surface area (Å²) in [5, 5.41) is 10.8. The number of ether oxygens (including phenoxy) is 1. The Kier molecular flexibility index (Phi) is 9.69. The first-order valence-corrected chi connectivity index (χ1v) is 10.3. The zero-order valence-corrected chi connectivity index (χ0v) is 19.9. The molecule has 0 amide bonds. The highest BCUT2D eigenvalue weighted by Crippen LogP contribution is 2.22. The van der Waals surface area contributed by atoms with Gasteiger partial charge < -0.3 is 19.9 Å². The smallest absolute Gasteiger partial charge is 0.213 e. The Bertz CT molecular complexity index is 748. The minimum atomic E-state index is 0. The Morgan fingerprint density at radius 3 is 2.55 bits per heavy atom. The largest absolute Gasteiger partial charge is 0.474 e. The third kappa shape index (κ3) is 6.58. The van der Waals surface area contributed by atoms with Crippen LogP contribution in [0, 0.1) is 0 Å². The van der Waals surface area contributed by atoms with Gasteiger partial charge in [0.05, 0.1) is 5.69 Å². The maximum atomic E-state index is 5.92. The fourth-order valence-electron chi connectivity index (χ4n) is 3.48. The van der Waals surface area contributed by atoms with Crippen LogP contribution in [0.15, 0.2) is 27.8 Å². The molecule has 1 aliphatic rings. The molecule has 0 aliphatic heterocycles. The summed E-state index contributed by atoms with van der Waals surface area (Å²) >= 11 is 0. The van der Waals surface area contributed by atoms with Gasteiger partial charge in [-0.1, -0.05) is 25.1 Å². The van der Waals surface area contributed by atoms with Crippen molar-refractivity contribution >= 4 is 29.9 Å². The molecule has 2 heterocycles. The van der Waals surface area contributed by atoms with Crippen LogP contribution in [0.25, 0.3) is 0 Å². The molecule has 0 saturated heterocycles. The molecule has 0 radical (unpaired) electrons. The molecular weight excluding hydrogens is 481 g/mol. The number of nitrogens with zero attached hydrogens (tertiary/aromatic N) is 3. The van der Waals surface area contributed by atoms with E-state index in [1.807, 2.05) is 18.3 Å². The molecule has 1 fully saturated rings. The third-order valence-electron chi connectivity index (χ3n) is 5.11. The monoisotopic (exact) mass is 513 g/mol. The van der Waals surface area contributed by atoms with Crippen LogP contribution in [-0.2, 0) is 25.9 Å². The summed E-state index contributed by atoms with van der Waals surface area (Å²) in [5.41, 5.74) is 3.21. The van der Waals surface area contributed by atoms with E-state index >= 15 is 0 Å². The van der Waals surface area contributed by atoms with Gasteiger partial charge in [-0.05, 0) is 37.7 Å². The first kappa shape index (κ1) is 23.4. The summed E-state index contributed by atoms with van der Waals surface area (Å²) in [6.45, 7) is 5.44. The lowest BCUT2D eigenvalue weighted by Crippen LogP contribution is -2.36. The standard InChI is InChI=1S/C21H31N5O2.HI/c1-4-18-17(19(5-2)28-26-18)14-25-21(22-3)24-13-15-10-11-20(23-12-15)27-16-8-6-7-9-16;/h10-12,16H,4-9,13-14H2,1-3H3,(H2,22,24,25);1H.